The summed E-state index contributed by atoms with van der Waals surface area (Å²) in [5.74, 6) is 0.00732. The van der Waals surface area contributed by atoms with Crippen molar-refractivity contribution in [1.29, 1.82) is 0 Å². The molecular weight excluding hydrogens is 438 g/mol. The van der Waals surface area contributed by atoms with E-state index in [1.165, 1.54) is 4.88 Å². The minimum Gasteiger partial charge on any atom is -0.293 e. The molecule has 1 unspecified atom stereocenters. The molecule has 0 saturated heterocycles. The van der Waals surface area contributed by atoms with E-state index in [2.05, 4.69) is 22.6 Å². The van der Waals surface area contributed by atoms with Crippen LogP contribution in [0.25, 0.3) is 5.69 Å². The lowest BCUT2D eigenvalue weighted by molar-refractivity contribution is -0.134. The van der Waals surface area contributed by atoms with E-state index in [-0.39, 0.29) is 11.9 Å². The molecule has 1 aliphatic rings. The van der Waals surface area contributed by atoms with Crippen LogP contribution in [0, 0.1) is 0 Å². The Balaban J connectivity index is 1.28. The number of aromatic nitrogens is 2. The number of benzene rings is 1. The minimum absolute atomic E-state index is 0.00732. The highest BCUT2D eigenvalue weighted by Crippen LogP contribution is 2.36. The smallest absolute Gasteiger partial charge is 0.257 e. The van der Waals surface area contributed by atoms with Crippen LogP contribution in [0.3, 0.4) is 0 Å². The zero-order valence-corrected chi connectivity index (χ0v) is 19.3. The average molecular weight is 462 g/mol. The summed E-state index contributed by atoms with van der Waals surface area (Å²) in [5, 5.41) is 15.0. The van der Waals surface area contributed by atoms with Gasteiger partial charge >= 0.3 is 0 Å². The van der Waals surface area contributed by atoms with Gasteiger partial charge in [0, 0.05) is 29.6 Å². The molecule has 1 aliphatic heterocycles. The van der Waals surface area contributed by atoms with E-state index >= 15 is 0 Å². The van der Waals surface area contributed by atoms with Crippen molar-refractivity contribution in [2.75, 3.05) is 13.6 Å². The van der Waals surface area contributed by atoms with Crippen molar-refractivity contribution < 1.29 is 4.79 Å². The van der Waals surface area contributed by atoms with Crippen LogP contribution in [-0.4, -0.2) is 44.9 Å². The van der Waals surface area contributed by atoms with Crippen LogP contribution in [-0.2, 0) is 11.3 Å². The molecule has 0 fully saturated rings. The fourth-order valence-corrected chi connectivity index (χ4v) is 5.40. The molecular formula is C24H23N5OS2. The van der Waals surface area contributed by atoms with Crippen molar-refractivity contribution in [3.05, 3.63) is 93.1 Å². The molecule has 0 saturated carbocycles. The number of thiophene rings is 2. The van der Waals surface area contributed by atoms with Gasteiger partial charge in [-0.3, -0.25) is 9.69 Å². The summed E-state index contributed by atoms with van der Waals surface area (Å²) in [6.07, 6.45) is 4.61. The average Bonchev–Trinajstić information content (AvgIpc) is 3.61. The summed E-state index contributed by atoms with van der Waals surface area (Å²) in [6, 6.07) is 18.2. The monoisotopic (exact) mass is 461 g/mol. The number of hydrogen-bond donors (Lipinski definition) is 0. The maximum atomic E-state index is 13.3. The van der Waals surface area contributed by atoms with E-state index in [4.69, 9.17) is 5.10 Å². The molecule has 6 nitrogen and oxygen atoms in total. The Morgan fingerprint density at radius 2 is 1.91 bits per heavy atom. The van der Waals surface area contributed by atoms with E-state index in [1.807, 2.05) is 76.9 Å². The Hall–Kier alpha value is -3.07. The van der Waals surface area contributed by atoms with Gasteiger partial charge in [-0.25, -0.2) is 9.69 Å². The van der Waals surface area contributed by atoms with Gasteiger partial charge in [-0.05, 0) is 42.1 Å². The fraction of sp³-hybridized carbons (Fsp3) is 0.208. The van der Waals surface area contributed by atoms with Gasteiger partial charge in [0.2, 0.25) is 0 Å². The Bertz CT molecular complexity index is 1200. The molecule has 0 bridgehead atoms. The third kappa shape index (κ3) is 4.43. The number of rotatable bonds is 7. The summed E-state index contributed by atoms with van der Waals surface area (Å²) >= 11 is 3.34. The Morgan fingerprint density at radius 3 is 2.66 bits per heavy atom. The number of hydrazone groups is 1. The second kappa shape index (κ2) is 9.20. The number of carbonyl (C=O) groups excluding carboxylic acids is 1. The molecule has 1 amide bonds. The second-order valence-electron chi connectivity index (χ2n) is 7.80. The highest BCUT2D eigenvalue weighted by atomic mass is 32.1. The van der Waals surface area contributed by atoms with Gasteiger partial charge in [0.1, 0.15) is 0 Å². The van der Waals surface area contributed by atoms with Gasteiger partial charge in [-0.15, -0.1) is 22.7 Å². The molecule has 4 aromatic rings. The summed E-state index contributed by atoms with van der Waals surface area (Å²) in [6.45, 7) is 0.928. The number of carbonyl (C=O) groups is 1. The SMILES string of the molecule is CN(CC(=O)N1N=C(c2cccs2)CC1c1cccs1)Cc1cnn(-c2ccccc2)c1. The van der Waals surface area contributed by atoms with Crippen LogP contribution in [0.15, 0.2) is 82.9 Å². The topological polar surface area (TPSA) is 53.7 Å². The summed E-state index contributed by atoms with van der Waals surface area (Å²) < 4.78 is 1.86. The first-order chi connectivity index (χ1) is 15.7. The van der Waals surface area contributed by atoms with Crippen molar-refractivity contribution >= 4 is 34.3 Å². The zero-order valence-electron chi connectivity index (χ0n) is 17.7. The quantitative estimate of drug-likeness (QED) is 0.397. The minimum atomic E-state index is -0.0335. The second-order valence-corrected chi connectivity index (χ2v) is 9.73. The molecule has 0 aliphatic carbocycles. The lowest BCUT2D eigenvalue weighted by atomic mass is 10.1. The third-order valence-electron chi connectivity index (χ3n) is 5.36. The van der Waals surface area contributed by atoms with Gasteiger partial charge in [0.15, 0.2) is 0 Å². The molecule has 5 rings (SSSR count). The molecule has 1 aromatic carbocycles. The highest BCUT2D eigenvalue weighted by molar-refractivity contribution is 7.12. The van der Waals surface area contributed by atoms with Crippen LogP contribution in [0.2, 0.25) is 0 Å². The van der Waals surface area contributed by atoms with Crippen molar-refractivity contribution in [3.63, 3.8) is 0 Å². The molecule has 4 heterocycles. The van der Waals surface area contributed by atoms with Crippen molar-refractivity contribution in [3.8, 4) is 5.69 Å². The zero-order chi connectivity index (χ0) is 21.9. The Morgan fingerprint density at radius 1 is 1.09 bits per heavy atom. The van der Waals surface area contributed by atoms with E-state index < -0.39 is 0 Å². The maximum Gasteiger partial charge on any atom is 0.257 e. The number of amides is 1. The van der Waals surface area contributed by atoms with Gasteiger partial charge < -0.3 is 0 Å². The van der Waals surface area contributed by atoms with E-state index in [0.29, 0.717) is 13.1 Å². The standard InChI is InChI=1S/C24H23N5OS2/c1-27(15-18-14-25-28(16-18)19-7-3-2-4-8-19)17-24(30)29-21(23-10-6-12-32-23)13-20(26-29)22-9-5-11-31-22/h2-12,14,16,21H,13,15,17H2,1H3. The van der Waals surface area contributed by atoms with Crippen LogP contribution in [0.4, 0.5) is 0 Å². The first-order valence-electron chi connectivity index (χ1n) is 10.4. The number of para-hydroxylation sites is 1. The predicted octanol–water partition coefficient (Wildman–Crippen LogP) is 4.81. The van der Waals surface area contributed by atoms with E-state index in [1.54, 1.807) is 27.7 Å². The maximum absolute atomic E-state index is 13.3. The summed E-state index contributed by atoms with van der Waals surface area (Å²) in [5.41, 5.74) is 3.06. The van der Waals surface area contributed by atoms with Crippen molar-refractivity contribution in [2.45, 2.75) is 19.0 Å². The van der Waals surface area contributed by atoms with Gasteiger partial charge in [0.05, 0.1) is 35.1 Å². The van der Waals surface area contributed by atoms with E-state index in [0.717, 1.165) is 28.3 Å². The van der Waals surface area contributed by atoms with Gasteiger partial charge in [-0.1, -0.05) is 30.3 Å². The van der Waals surface area contributed by atoms with Crippen LogP contribution < -0.4 is 0 Å². The van der Waals surface area contributed by atoms with Crippen molar-refractivity contribution in [1.82, 2.24) is 19.7 Å². The molecule has 32 heavy (non-hydrogen) atoms. The summed E-state index contributed by atoms with van der Waals surface area (Å²) in [7, 11) is 1.96. The predicted molar refractivity (Wildman–Crippen MR) is 129 cm³/mol. The number of likely N-dealkylation sites (N-methyl/N-ethyl adjacent to an activating group) is 1. The first kappa shape index (κ1) is 20.8. The highest BCUT2D eigenvalue weighted by Gasteiger charge is 2.34. The largest absolute Gasteiger partial charge is 0.293 e. The van der Waals surface area contributed by atoms with Crippen LogP contribution >= 0.6 is 22.7 Å². The lowest BCUT2D eigenvalue weighted by Crippen LogP contribution is -2.36. The van der Waals surface area contributed by atoms with Crippen LogP contribution in [0.1, 0.15) is 27.8 Å². The van der Waals surface area contributed by atoms with Crippen molar-refractivity contribution in [2.24, 2.45) is 5.10 Å². The molecule has 3 aromatic heterocycles. The normalized spacial score (nSPS) is 16.0. The number of hydrogen-bond acceptors (Lipinski definition) is 6. The third-order valence-corrected chi connectivity index (χ3v) is 7.25. The molecule has 162 valence electrons. The first-order valence-corrected chi connectivity index (χ1v) is 12.2. The molecule has 1 atom stereocenters. The summed E-state index contributed by atoms with van der Waals surface area (Å²) in [4.78, 5) is 17.6. The van der Waals surface area contributed by atoms with Gasteiger partial charge in [0.25, 0.3) is 5.91 Å². The Kier molecular flexibility index (Phi) is 5.98. The molecule has 0 radical (unpaired) electrons. The van der Waals surface area contributed by atoms with Gasteiger partial charge in [-0.2, -0.15) is 10.2 Å². The van der Waals surface area contributed by atoms with E-state index in [9.17, 15) is 4.79 Å². The molecule has 0 N–H and O–H groups in total. The Labute approximate surface area is 195 Å². The molecule has 8 heteroatoms. The molecule has 0 spiro atoms. The van der Waals surface area contributed by atoms with Crippen LogP contribution in [0.5, 0.6) is 0 Å². The number of nitrogens with zero attached hydrogens (tertiary/aromatic N) is 5. The fourth-order valence-electron chi connectivity index (χ4n) is 3.87. The lowest BCUT2D eigenvalue weighted by Gasteiger charge is -2.23.